The van der Waals surface area contributed by atoms with Crippen molar-refractivity contribution in [2.75, 3.05) is 26.5 Å². The summed E-state index contributed by atoms with van der Waals surface area (Å²) in [6.07, 6.45) is 10.5. The minimum atomic E-state index is -0.417. The van der Waals surface area contributed by atoms with Crippen LogP contribution >= 0.6 is 11.8 Å². The molecule has 210 valence electrons. The molecule has 3 aromatic rings. The van der Waals surface area contributed by atoms with Gasteiger partial charge in [0.1, 0.15) is 29.0 Å². The van der Waals surface area contributed by atoms with E-state index in [0.717, 1.165) is 63.6 Å². The average Bonchev–Trinajstić information content (AvgIpc) is 3.62. The molecule has 0 aliphatic rings. The normalized spacial score (nSPS) is 12.2. The highest BCUT2D eigenvalue weighted by atomic mass is 32.2. The molecule has 8 nitrogen and oxygen atoms in total. The number of H-pyrrole nitrogens is 2. The molecule has 0 radical (unpaired) electrons. The molecule has 3 heterocycles. The Kier molecular flexibility index (Phi) is 15.2. The van der Waals surface area contributed by atoms with Gasteiger partial charge in [0.05, 0.1) is 5.56 Å². The van der Waals surface area contributed by atoms with Crippen molar-refractivity contribution in [3.63, 3.8) is 0 Å². The zero-order valence-electron chi connectivity index (χ0n) is 24.3. The topological polar surface area (TPSA) is 108 Å². The van der Waals surface area contributed by atoms with Gasteiger partial charge >= 0.3 is 0 Å². The summed E-state index contributed by atoms with van der Waals surface area (Å²) in [5, 5.41) is 23.3. The van der Waals surface area contributed by atoms with Crippen molar-refractivity contribution in [2.24, 2.45) is 5.92 Å². The van der Waals surface area contributed by atoms with Crippen LogP contribution in [0.2, 0.25) is 0 Å². The lowest BCUT2D eigenvalue weighted by molar-refractivity contribution is 0.384. The Bertz CT molecular complexity index is 1160. The summed E-state index contributed by atoms with van der Waals surface area (Å²) in [5.74, 6) is 3.39. The minimum absolute atomic E-state index is 0.314. The van der Waals surface area contributed by atoms with Crippen LogP contribution in [0.4, 0.5) is 4.39 Å². The minimum Gasteiger partial charge on any atom is -0.360 e. The Hall–Kier alpha value is -2.98. The number of halogens is 1. The Morgan fingerprint density at radius 3 is 2.42 bits per heavy atom. The van der Waals surface area contributed by atoms with E-state index in [2.05, 4.69) is 76.4 Å². The first-order chi connectivity index (χ1) is 18.2. The van der Waals surface area contributed by atoms with Crippen LogP contribution in [-0.4, -0.2) is 57.1 Å². The van der Waals surface area contributed by atoms with Crippen molar-refractivity contribution in [1.29, 1.82) is 0 Å². The molecule has 0 aliphatic carbocycles. The molecular formula is C28H44FN7OS. The summed E-state index contributed by atoms with van der Waals surface area (Å²) in [7, 11) is 1.95. The van der Waals surface area contributed by atoms with Crippen LogP contribution < -0.4 is 5.32 Å². The highest BCUT2D eigenvalue weighted by molar-refractivity contribution is 7.98. The monoisotopic (exact) mass is 545 g/mol. The van der Waals surface area contributed by atoms with Crippen molar-refractivity contribution in [3.8, 4) is 11.3 Å². The number of allylic oxidation sites excluding steroid dienone is 4. The Morgan fingerprint density at radius 1 is 1.24 bits per heavy atom. The quantitative estimate of drug-likeness (QED) is 0.183. The molecule has 3 rings (SSSR count). The molecule has 0 aromatic carbocycles. The number of aryl methyl sites for hydroxylation is 2. The van der Waals surface area contributed by atoms with Crippen LogP contribution in [0, 0.1) is 19.8 Å². The van der Waals surface area contributed by atoms with Gasteiger partial charge in [0.15, 0.2) is 5.82 Å². The number of aromatic nitrogens is 6. The van der Waals surface area contributed by atoms with Gasteiger partial charge in [-0.1, -0.05) is 44.2 Å². The highest BCUT2D eigenvalue weighted by Crippen LogP contribution is 2.35. The lowest BCUT2D eigenvalue weighted by atomic mass is 10.0. The number of likely N-dealkylation sites (N-methyl/N-ethyl adjacent to an activating group) is 1. The first-order valence-corrected chi connectivity index (χ1v) is 14.0. The molecule has 38 heavy (non-hydrogen) atoms. The van der Waals surface area contributed by atoms with Crippen LogP contribution in [0.1, 0.15) is 75.6 Å². The Labute approximate surface area is 231 Å². The van der Waals surface area contributed by atoms with E-state index in [1.807, 2.05) is 41.0 Å². The maximum absolute atomic E-state index is 10.6. The SMILES string of the molecule is C/C=C\C(C)C.C=CCF.CC[C@H](CNC)c1nc(/C(C)=C/c2c(-c3c(SC)noc3C)n[nH]c2C)n[nH]1. The number of thioether (sulfide) groups is 1. The Balaban J connectivity index is 0.000000616. The van der Waals surface area contributed by atoms with Gasteiger partial charge in [-0.25, -0.2) is 9.37 Å². The molecule has 0 saturated heterocycles. The molecule has 3 N–H and O–H groups in total. The summed E-state index contributed by atoms with van der Waals surface area (Å²) in [4.78, 5) is 4.71. The number of nitrogens with zero attached hydrogens (tertiary/aromatic N) is 4. The lowest BCUT2D eigenvalue weighted by Crippen LogP contribution is -2.17. The fourth-order valence-corrected chi connectivity index (χ4v) is 4.10. The van der Waals surface area contributed by atoms with Crippen LogP contribution in [0.5, 0.6) is 0 Å². The van der Waals surface area contributed by atoms with Crippen LogP contribution in [-0.2, 0) is 0 Å². The van der Waals surface area contributed by atoms with Crippen molar-refractivity contribution >= 4 is 23.4 Å². The molecular weight excluding hydrogens is 501 g/mol. The van der Waals surface area contributed by atoms with E-state index in [9.17, 15) is 4.39 Å². The smallest absolute Gasteiger partial charge is 0.176 e. The second kappa shape index (κ2) is 17.5. The molecule has 0 aliphatic heterocycles. The average molecular weight is 546 g/mol. The maximum atomic E-state index is 10.6. The highest BCUT2D eigenvalue weighted by Gasteiger charge is 2.21. The van der Waals surface area contributed by atoms with Crippen LogP contribution in [0.15, 0.2) is 34.4 Å². The molecule has 10 heteroatoms. The molecule has 0 bridgehead atoms. The first kappa shape index (κ1) is 33.0. The predicted molar refractivity (Wildman–Crippen MR) is 158 cm³/mol. The first-order valence-electron chi connectivity index (χ1n) is 12.8. The molecule has 0 saturated carbocycles. The van der Waals surface area contributed by atoms with Gasteiger partial charge in [0, 0.05) is 23.7 Å². The van der Waals surface area contributed by atoms with Gasteiger partial charge in [-0.2, -0.15) is 10.2 Å². The van der Waals surface area contributed by atoms with Crippen molar-refractivity contribution in [2.45, 2.75) is 65.8 Å². The van der Waals surface area contributed by atoms with Gasteiger partial charge in [0.2, 0.25) is 0 Å². The van der Waals surface area contributed by atoms with E-state index in [4.69, 9.17) is 9.51 Å². The fourth-order valence-electron chi connectivity index (χ4n) is 3.54. The number of aromatic amines is 2. The molecule has 0 unspecified atom stereocenters. The molecule has 3 aromatic heterocycles. The van der Waals surface area contributed by atoms with Crippen molar-refractivity contribution in [3.05, 3.63) is 53.5 Å². The van der Waals surface area contributed by atoms with E-state index in [-0.39, 0.29) is 0 Å². The largest absolute Gasteiger partial charge is 0.360 e. The molecule has 0 amide bonds. The predicted octanol–water partition coefficient (Wildman–Crippen LogP) is 7.16. The zero-order chi connectivity index (χ0) is 28.7. The van der Waals surface area contributed by atoms with Gasteiger partial charge < -0.3 is 9.84 Å². The van der Waals surface area contributed by atoms with Crippen LogP contribution in [0.25, 0.3) is 22.9 Å². The Morgan fingerprint density at radius 2 is 1.92 bits per heavy atom. The summed E-state index contributed by atoms with van der Waals surface area (Å²) in [6.45, 7) is 18.0. The number of nitrogens with one attached hydrogen (secondary N) is 3. The number of hydrogen-bond donors (Lipinski definition) is 3. The lowest BCUT2D eigenvalue weighted by Gasteiger charge is -2.09. The van der Waals surface area contributed by atoms with E-state index < -0.39 is 6.67 Å². The number of rotatable bonds is 10. The van der Waals surface area contributed by atoms with E-state index in [0.29, 0.717) is 11.7 Å². The third kappa shape index (κ3) is 9.72. The van der Waals surface area contributed by atoms with Gasteiger partial charge in [0.25, 0.3) is 0 Å². The third-order valence-electron chi connectivity index (χ3n) is 5.49. The standard InChI is InChI=1S/C19H27N7OS.C6H12.C3H5F/c1-7-13(9-20-5)18-21-17(24-25-18)10(2)8-14-11(3)22-23-16(14)15-12(4)27-26-19(15)28-6;1-4-5-6(2)3;1-2-3-4/h8,13,20H,7,9H2,1-6H3,(H,22,23)(H,21,24,25);4-6H,1-3H3;2H,1,3H2/b10-8+;5-4-;/t13-;;/m1../s1. The second-order valence-electron chi connectivity index (χ2n) is 8.98. The van der Waals surface area contributed by atoms with Crippen molar-refractivity contribution < 1.29 is 8.91 Å². The fraction of sp³-hybridized carbons (Fsp3) is 0.500. The maximum Gasteiger partial charge on any atom is 0.176 e. The molecule has 0 spiro atoms. The van der Waals surface area contributed by atoms with Crippen LogP contribution in [0.3, 0.4) is 0 Å². The van der Waals surface area contributed by atoms with Gasteiger partial charge in [-0.3, -0.25) is 10.2 Å². The second-order valence-corrected chi connectivity index (χ2v) is 9.78. The van der Waals surface area contributed by atoms with Crippen molar-refractivity contribution in [1.82, 2.24) is 35.9 Å². The van der Waals surface area contributed by atoms with Gasteiger partial charge in [-0.05, 0) is 65.0 Å². The summed E-state index contributed by atoms with van der Waals surface area (Å²) in [6, 6.07) is 0. The van der Waals surface area contributed by atoms with Gasteiger partial charge in [-0.15, -0.1) is 18.3 Å². The molecule has 1 atom stereocenters. The molecule has 0 fully saturated rings. The van der Waals surface area contributed by atoms with E-state index >= 15 is 0 Å². The van der Waals surface area contributed by atoms with E-state index in [1.165, 1.54) is 6.08 Å². The summed E-state index contributed by atoms with van der Waals surface area (Å²) < 4.78 is 16.0. The number of alkyl halides is 1. The summed E-state index contributed by atoms with van der Waals surface area (Å²) in [5.41, 5.74) is 4.68. The number of hydrogen-bond acceptors (Lipinski definition) is 7. The summed E-state index contributed by atoms with van der Waals surface area (Å²) >= 11 is 1.54. The van der Waals surface area contributed by atoms with E-state index in [1.54, 1.807) is 11.8 Å². The zero-order valence-corrected chi connectivity index (χ0v) is 25.1. The third-order valence-corrected chi connectivity index (χ3v) is 6.15.